The predicted molar refractivity (Wildman–Crippen MR) is 79.7 cm³/mol. The molecule has 0 radical (unpaired) electrons. The predicted octanol–water partition coefficient (Wildman–Crippen LogP) is 1.60. The number of nitrogens with zero attached hydrogens (tertiary/aromatic N) is 3. The van der Waals surface area contributed by atoms with E-state index >= 15 is 0 Å². The molecule has 0 bridgehead atoms. The van der Waals surface area contributed by atoms with Crippen LogP contribution in [0.4, 0.5) is 0 Å². The van der Waals surface area contributed by atoms with Gasteiger partial charge in [0.15, 0.2) is 0 Å². The largest absolute Gasteiger partial charge is 0.396 e. The highest BCUT2D eigenvalue weighted by Gasteiger charge is 2.08. The number of aryl methyl sites for hydroxylation is 2. The molecule has 5 heteroatoms. The molecule has 0 amide bonds. The number of rotatable bonds is 6. The minimum Gasteiger partial charge on any atom is -0.396 e. The molecule has 0 aliphatic rings. The molecule has 0 aliphatic carbocycles. The van der Waals surface area contributed by atoms with E-state index in [0.29, 0.717) is 19.5 Å². The van der Waals surface area contributed by atoms with Gasteiger partial charge in [0.05, 0.1) is 5.69 Å². The molecule has 0 spiro atoms. The third-order valence-corrected chi connectivity index (χ3v) is 3.08. The zero-order chi connectivity index (χ0) is 14.4. The van der Waals surface area contributed by atoms with E-state index in [0.717, 1.165) is 17.0 Å². The van der Waals surface area contributed by atoms with Crippen LogP contribution in [0.2, 0.25) is 0 Å². The second-order valence-corrected chi connectivity index (χ2v) is 4.67. The molecule has 0 unspecified atom stereocenters. The smallest absolute Gasteiger partial charge is 0.104 e. The second-order valence-electron chi connectivity index (χ2n) is 4.67. The van der Waals surface area contributed by atoms with E-state index in [1.54, 1.807) is 4.68 Å². The molecule has 20 heavy (non-hydrogen) atoms. The molecule has 1 aromatic heterocycles. The van der Waals surface area contributed by atoms with Gasteiger partial charge < -0.3 is 10.8 Å². The molecule has 3 N–H and O–H groups in total. The lowest BCUT2D eigenvalue weighted by Crippen LogP contribution is -2.05. The lowest BCUT2D eigenvalue weighted by Gasteiger charge is -2.02. The van der Waals surface area contributed by atoms with Crippen molar-refractivity contribution < 1.29 is 5.11 Å². The molecule has 106 valence electrons. The zero-order valence-corrected chi connectivity index (χ0v) is 11.7. The second kappa shape index (κ2) is 6.98. The quantitative estimate of drug-likeness (QED) is 0.837. The van der Waals surface area contributed by atoms with Gasteiger partial charge in [-0.3, -0.25) is 0 Å². The Morgan fingerprint density at radius 2 is 2.00 bits per heavy atom. The zero-order valence-electron chi connectivity index (χ0n) is 11.7. The van der Waals surface area contributed by atoms with Gasteiger partial charge in [-0.15, -0.1) is 5.10 Å². The first-order valence-electron chi connectivity index (χ1n) is 6.72. The Morgan fingerprint density at radius 3 is 2.65 bits per heavy atom. The van der Waals surface area contributed by atoms with Gasteiger partial charge in [-0.05, 0) is 25.0 Å². The number of aromatic nitrogens is 3. The summed E-state index contributed by atoms with van der Waals surface area (Å²) >= 11 is 0. The van der Waals surface area contributed by atoms with Crippen LogP contribution in [0.3, 0.4) is 0 Å². The molecular weight excluding hydrogens is 252 g/mol. The summed E-state index contributed by atoms with van der Waals surface area (Å²) in [6, 6.07) is 8.28. The summed E-state index contributed by atoms with van der Waals surface area (Å²) in [6.45, 7) is 3.19. The van der Waals surface area contributed by atoms with Crippen LogP contribution in [0.1, 0.15) is 28.9 Å². The first kappa shape index (κ1) is 14.4. The highest BCUT2D eigenvalue weighted by molar-refractivity contribution is 5.69. The van der Waals surface area contributed by atoms with E-state index in [9.17, 15) is 0 Å². The van der Waals surface area contributed by atoms with Crippen LogP contribution in [0.5, 0.6) is 0 Å². The average Bonchev–Trinajstić information content (AvgIpc) is 2.86. The van der Waals surface area contributed by atoms with Crippen molar-refractivity contribution in [3.05, 3.63) is 46.8 Å². The maximum absolute atomic E-state index is 8.91. The standard InChI is InChI=1S/C15H20N4O/c1-12-3-5-13(6-4-12)7-8-15-14(11-16)17-18-19(15)9-2-10-20/h3-8,20H,2,9-11,16H2,1H3/b8-7+. The number of aliphatic hydroxyl groups excluding tert-OH is 1. The fourth-order valence-electron chi connectivity index (χ4n) is 1.92. The normalized spacial score (nSPS) is 11.3. The molecule has 0 saturated heterocycles. The molecule has 1 aromatic carbocycles. The first-order valence-corrected chi connectivity index (χ1v) is 6.72. The molecule has 0 aliphatic heterocycles. The maximum Gasteiger partial charge on any atom is 0.104 e. The van der Waals surface area contributed by atoms with Crippen molar-refractivity contribution in [1.29, 1.82) is 0 Å². The van der Waals surface area contributed by atoms with Crippen molar-refractivity contribution in [3.63, 3.8) is 0 Å². The van der Waals surface area contributed by atoms with Crippen molar-refractivity contribution in [2.24, 2.45) is 5.73 Å². The van der Waals surface area contributed by atoms with E-state index in [1.165, 1.54) is 5.56 Å². The molecule has 0 saturated carbocycles. The summed E-state index contributed by atoms with van der Waals surface area (Å²) in [7, 11) is 0. The first-order chi connectivity index (χ1) is 9.74. The van der Waals surface area contributed by atoms with Crippen molar-refractivity contribution in [2.45, 2.75) is 26.4 Å². The lowest BCUT2D eigenvalue weighted by molar-refractivity contribution is 0.276. The Hall–Kier alpha value is -1.98. The third kappa shape index (κ3) is 3.53. The van der Waals surface area contributed by atoms with Gasteiger partial charge in [0.1, 0.15) is 5.69 Å². The van der Waals surface area contributed by atoms with Crippen LogP contribution < -0.4 is 5.73 Å². The van der Waals surface area contributed by atoms with Crippen LogP contribution in [0, 0.1) is 6.92 Å². The molecule has 2 rings (SSSR count). The van der Waals surface area contributed by atoms with Gasteiger partial charge in [0.2, 0.25) is 0 Å². The maximum atomic E-state index is 8.91. The van der Waals surface area contributed by atoms with Gasteiger partial charge in [-0.2, -0.15) is 0 Å². The molecule has 0 fully saturated rings. The Kier molecular flexibility index (Phi) is 5.03. The third-order valence-electron chi connectivity index (χ3n) is 3.08. The SMILES string of the molecule is Cc1ccc(/C=C/c2c(CN)nnn2CCCO)cc1. The Morgan fingerprint density at radius 1 is 1.25 bits per heavy atom. The van der Waals surface area contributed by atoms with Crippen LogP contribution in [0.15, 0.2) is 24.3 Å². The Bertz CT molecular complexity index is 572. The van der Waals surface area contributed by atoms with E-state index in [2.05, 4.69) is 41.5 Å². The highest BCUT2D eigenvalue weighted by Crippen LogP contribution is 2.12. The summed E-state index contributed by atoms with van der Waals surface area (Å²) in [5.74, 6) is 0. The van der Waals surface area contributed by atoms with Gasteiger partial charge in [-0.25, -0.2) is 4.68 Å². The highest BCUT2D eigenvalue weighted by atomic mass is 16.3. The van der Waals surface area contributed by atoms with E-state index < -0.39 is 0 Å². The number of benzene rings is 1. The van der Waals surface area contributed by atoms with E-state index in [1.807, 2.05) is 12.2 Å². The van der Waals surface area contributed by atoms with Crippen molar-refractivity contribution >= 4 is 12.2 Å². The summed E-state index contributed by atoms with van der Waals surface area (Å²) < 4.78 is 1.78. The number of aliphatic hydroxyl groups is 1. The Balaban J connectivity index is 2.22. The van der Waals surface area contributed by atoms with Gasteiger partial charge in [0.25, 0.3) is 0 Å². The van der Waals surface area contributed by atoms with Crippen molar-refractivity contribution in [1.82, 2.24) is 15.0 Å². The number of nitrogens with two attached hydrogens (primary N) is 1. The number of hydrogen-bond donors (Lipinski definition) is 2. The van der Waals surface area contributed by atoms with E-state index in [4.69, 9.17) is 10.8 Å². The van der Waals surface area contributed by atoms with Crippen molar-refractivity contribution in [3.8, 4) is 0 Å². The van der Waals surface area contributed by atoms with Crippen LogP contribution in [-0.4, -0.2) is 26.7 Å². The molecule has 5 nitrogen and oxygen atoms in total. The monoisotopic (exact) mass is 272 g/mol. The van der Waals surface area contributed by atoms with Crippen molar-refractivity contribution in [2.75, 3.05) is 6.61 Å². The van der Waals surface area contributed by atoms with Gasteiger partial charge in [-0.1, -0.05) is 41.1 Å². The summed E-state index contributed by atoms with van der Waals surface area (Å²) in [5, 5.41) is 17.1. The summed E-state index contributed by atoms with van der Waals surface area (Å²) in [6.07, 6.45) is 4.65. The number of hydrogen-bond acceptors (Lipinski definition) is 4. The minimum atomic E-state index is 0.138. The molecular formula is C15H20N4O. The molecule has 0 atom stereocenters. The Labute approximate surface area is 118 Å². The molecule has 2 aromatic rings. The summed E-state index contributed by atoms with van der Waals surface area (Å²) in [5.41, 5.74) is 9.71. The lowest BCUT2D eigenvalue weighted by atomic mass is 10.1. The van der Waals surface area contributed by atoms with Gasteiger partial charge in [0, 0.05) is 19.7 Å². The fraction of sp³-hybridized carbons (Fsp3) is 0.333. The van der Waals surface area contributed by atoms with Crippen LogP contribution in [-0.2, 0) is 13.1 Å². The average molecular weight is 272 g/mol. The topological polar surface area (TPSA) is 77.0 Å². The minimum absolute atomic E-state index is 0.138. The van der Waals surface area contributed by atoms with Crippen LogP contribution in [0.25, 0.3) is 12.2 Å². The fourth-order valence-corrected chi connectivity index (χ4v) is 1.92. The van der Waals surface area contributed by atoms with Crippen LogP contribution >= 0.6 is 0 Å². The summed E-state index contributed by atoms with van der Waals surface area (Å²) in [4.78, 5) is 0. The van der Waals surface area contributed by atoms with Gasteiger partial charge >= 0.3 is 0 Å². The molecule has 1 heterocycles. The van der Waals surface area contributed by atoms with E-state index in [-0.39, 0.29) is 6.61 Å².